The van der Waals surface area contributed by atoms with E-state index in [1.54, 1.807) is 20.1 Å². The first kappa shape index (κ1) is 28.8. The minimum atomic E-state index is -0.838. The van der Waals surface area contributed by atoms with E-state index in [9.17, 15) is 19.5 Å². The van der Waals surface area contributed by atoms with Crippen LogP contribution in [0.3, 0.4) is 0 Å². The predicted octanol–water partition coefficient (Wildman–Crippen LogP) is 2.23. The highest BCUT2D eigenvalue weighted by Gasteiger charge is 2.54. The van der Waals surface area contributed by atoms with E-state index in [4.69, 9.17) is 15.2 Å². The Balaban J connectivity index is 1.60. The largest absolute Gasteiger partial charge is 0.507 e. The number of allylic oxidation sites excluding steroid dienone is 2. The number of benzene rings is 1. The Kier molecular flexibility index (Phi) is 8.17. The standard InChI is InChI=1S/C31H38N4O6/c1-16-23(31(32)39)28(37)26-21(27(16)35(2)3)13-18-12-20-17(14-33-15-19-6-5-9-34-19)7-8-22(36)25(20)29(38)24(18)30(26)41-11-10-40-4/h5-9,18,21,26-27,33-34,36H,10-15H2,1-4H3,(H2,32,39). The van der Waals surface area contributed by atoms with Crippen LogP contribution < -0.4 is 11.1 Å². The summed E-state index contributed by atoms with van der Waals surface area (Å²) in [4.78, 5) is 45.8. The van der Waals surface area contributed by atoms with Gasteiger partial charge in [-0.1, -0.05) is 6.07 Å². The van der Waals surface area contributed by atoms with Crippen LogP contribution in [0.5, 0.6) is 5.75 Å². The van der Waals surface area contributed by atoms with Gasteiger partial charge in [0.2, 0.25) is 0 Å². The molecule has 1 aromatic carbocycles. The van der Waals surface area contributed by atoms with Gasteiger partial charge in [0.05, 0.1) is 23.7 Å². The Labute approximate surface area is 239 Å². The van der Waals surface area contributed by atoms with Gasteiger partial charge in [0.1, 0.15) is 18.1 Å². The lowest BCUT2D eigenvalue weighted by Gasteiger charge is -2.48. The number of phenols is 1. The molecule has 1 aromatic heterocycles. The summed E-state index contributed by atoms with van der Waals surface area (Å²) in [5, 5.41) is 14.3. The second-order valence-electron chi connectivity index (χ2n) is 11.3. The van der Waals surface area contributed by atoms with Crippen LogP contribution in [-0.4, -0.2) is 72.9 Å². The summed E-state index contributed by atoms with van der Waals surface area (Å²) < 4.78 is 11.4. The van der Waals surface area contributed by atoms with Gasteiger partial charge in [0, 0.05) is 43.7 Å². The van der Waals surface area contributed by atoms with Gasteiger partial charge in [-0.2, -0.15) is 0 Å². The second-order valence-corrected chi connectivity index (χ2v) is 11.3. The van der Waals surface area contributed by atoms with E-state index >= 15 is 0 Å². The number of ether oxygens (including phenoxy) is 2. The lowest BCUT2D eigenvalue weighted by atomic mass is 9.59. The highest BCUT2D eigenvalue weighted by molar-refractivity contribution is 6.22. The third-order valence-electron chi connectivity index (χ3n) is 8.66. The van der Waals surface area contributed by atoms with E-state index in [-0.39, 0.29) is 59.5 Å². The first-order chi connectivity index (χ1) is 19.6. The van der Waals surface area contributed by atoms with Crippen molar-refractivity contribution in [2.24, 2.45) is 23.5 Å². The number of Topliss-reactive ketones (excluding diaryl/α,β-unsaturated/α-hetero) is 2. The third kappa shape index (κ3) is 5.11. The molecule has 0 bridgehead atoms. The third-order valence-corrected chi connectivity index (χ3v) is 8.66. The molecule has 0 aliphatic heterocycles. The number of methoxy groups -OCH3 is 1. The fourth-order valence-electron chi connectivity index (χ4n) is 7.08. The molecule has 0 radical (unpaired) electrons. The monoisotopic (exact) mass is 562 g/mol. The number of ketones is 2. The van der Waals surface area contributed by atoms with Gasteiger partial charge in [0.25, 0.3) is 5.91 Å². The molecule has 41 heavy (non-hydrogen) atoms. The highest BCUT2D eigenvalue weighted by atomic mass is 16.5. The van der Waals surface area contributed by atoms with Crippen LogP contribution in [-0.2, 0) is 38.6 Å². The first-order valence-corrected chi connectivity index (χ1v) is 13.9. The lowest BCUT2D eigenvalue weighted by molar-refractivity contribution is -0.127. The van der Waals surface area contributed by atoms with Crippen molar-refractivity contribution < 1.29 is 29.0 Å². The molecule has 3 aliphatic rings. The van der Waals surface area contributed by atoms with Crippen molar-refractivity contribution in [1.29, 1.82) is 0 Å². The Morgan fingerprint density at radius 1 is 1.20 bits per heavy atom. The maximum Gasteiger partial charge on any atom is 0.252 e. The minimum Gasteiger partial charge on any atom is -0.507 e. The number of hydrogen-bond donors (Lipinski definition) is 4. The molecule has 2 aromatic rings. The number of phenolic OH excluding ortho intramolecular Hbond substituents is 1. The zero-order valence-electron chi connectivity index (χ0n) is 24.0. The van der Waals surface area contributed by atoms with Crippen molar-refractivity contribution in [3.8, 4) is 5.75 Å². The van der Waals surface area contributed by atoms with E-state index < -0.39 is 17.6 Å². The number of likely N-dealkylation sites (N-methyl/N-ethyl adjacent to an activating group) is 1. The maximum atomic E-state index is 14.2. The molecule has 3 aliphatic carbocycles. The van der Waals surface area contributed by atoms with Crippen molar-refractivity contribution in [3.05, 3.63) is 75.3 Å². The second kappa shape index (κ2) is 11.6. The molecule has 5 rings (SSSR count). The van der Waals surface area contributed by atoms with E-state index in [1.165, 1.54) is 0 Å². The summed E-state index contributed by atoms with van der Waals surface area (Å²) in [6.07, 6.45) is 2.94. The topological polar surface area (TPSA) is 147 Å². The average Bonchev–Trinajstić information content (AvgIpc) is 3.42. The van der Waals surface area contributed by atoms with Crippen molar-refractivity contribution >= 4 is 17.5 Å². The van der Waals surface area contributed by atoms with E-state index in [1.807, 2.05) is 43.4 Å². The fourth-order valence-corrected chi connectivity index (χ4v) is 7.08. The Bertz CT molecular complexity index is 1420. The molecule has 4 unspecified atom stereocenters. The number of amides is 1. The number of aromatic nitrogens is 1. The Hall–Kier alpha value is -3.73. The zero-order valence-corrected chi connectivity index (χ0v) is 24.0. The average molecular weight is 563 g/mol. The summed E-state index contributed by atoms with van der Waals surface area (Å²) in [6.45, 7) is 3.33. The fraction of sp³-hybridized carbons (Fsp3) is 0.452. The lowest BCUT2D eigenvalue weighted by Crippen LogP contribution is -2.53. The van der Waals surface area contributed by atoms with Crippen LogP contribution in [0.1, 0.15) is 40.5 Å². The van der Waals surface area contributed by atoms with Crippen LogP contribution in [0.15, 0.2) is 52.9 Å². The molecule has 1 heterocycles. The first-order valence-electron chi connectivity index (χ1n) is 13.9. The van der Waals surface area contributed by atoms with Crippen molar-refractivity contribution in [3.63, 3.8) is 0 Å². The number of carbonyl (C=O) groups is 3. The van der Waals surface area contributed by atoms with E-state index in [2.05, 4.69) is 10.3 Å². The van der Waals surface area contributed by atoms with Gasteiger partial charge in [-0.25, -0.2) is 0 Å². The van der Waals surface area contributed by atoms with Crippen LogP contribution >= 0.6 is 0 Å². The summed E-state index contributed by atoms with van der Waals surface area (Å²) >= 11 is 0. The Morgan fingerprint density at radius 2 is 1.98 bits per heavy atom. The maximum absolute atomic E-state index is 14.2. The normalized spacial score (nSPS) is 23.9. The molecule has 5 N–H and O–H groups in total. The zero-order chi connectivity index (χ0) is 29.4. The Morgan fingerprint density at radius 3 is 2.63 bits per heavy atom. The molecule has 10 heteroatoms. The molecule has 0 spiro atoms. The minimum absolute atomic E-state index is 0.0289. The van der Waals surface area contributed by atoms with Gasteiger partial charge in [-0.05, 0) is 80.6 Å². The SMILES string of the molecule is COCCOC1=C2C(=O)c3c(O)ccc(CNCc4ccc[nH]4)c3CC2CC2C1C(=O)C(C(N)=O)=C(C)C2N(C)C. The number of aromatic amines is 1. The van der Waals surface area contributed by atoms with Gasteiger partial charge < -0.3 is 35.5 Å². The van der Waals surface area contributed by atoms with E-state index in [0.717, 1.165) is 16.8 Å². The molecule has 10 nitrogen and oxygen atoms in total. The molecule has 218 valence electrons. The van der Waals surface area contributed by atoms with Crippen molar-refractivity contribution in [2.75, 3.05) is 34.4 Å². The number of H-pyrrole nitrogens is 1. The van der Waals surface area contributed by atoms with Crippen molar-refractivity contribution in [2.45, 2.75) is 38.9 Å². The summed E-state index contributed by atoms with van der Waals surface area (Å²) in [7, 11) is 5.37. The number of fused-ring (bicyclic) bond motifs is 3. The smallest absolute Gasteiger partial charge is 0.252 e. The number of nitrogens with zero attached hydrogens (tertiary/aromatic N) is 1. The van der Waals surface area contributed by atoms with Crippen molar-refractivity contribution in [1.82, 2.24) is 15.2 Å². The molecule has 0 saturated heterocycles. The number of hydrogen-bond acceptors (Lipinski definition) is 8. The van der Waals surface area contributed by atoms with Crippen LogP contribution in [0, 0.1) is 17.8 Å². The van der Waals surface area contributed by atoms with Crippen LogP contribution in [0.25, 0.3) is 0 Å². The summed E-state index contributed by atoms with van der Waals surface area (Å²) in [5.74, 6) is -2.66. The van der Waals surface area contributed by atoms with E-state index in [0.29, 0.717) is 37.1 Å². The number of rotatable bonds is 10. The molecular weight excluding hydrogens is 524 g/mol. The quantitative estimate of drug-likeness (QED) is 0.255. The number of nitrogens with one attached hydrogen (secondary N) is 2. The van der Waals surface area contributed by atoms with Gasteiger partial charge in [-0.15, -0.1) is 0 Å². The predicted molar refractivity (Wildman–Crippen MR) is 152 cm³/mol. The molecule has 0 fully saturated rings. The highest BCUT2D eigenvalue weighted by Crippen LogP contribution is 2.51. The number of carbonyl (C=O) groups excluding carboxylic acids is 3. The summed E-state index contributed by atoms with van der Waals surface area (Å²) in [6, 6.07) is 7.10. The molecule has 0 saturated carbocycles. The van der Waals surface area contributed by atoms with Gasteiger partial charge in [-0.3, -0.25) is 14.4 Å². The van der Waals surface area contributed by atoms with Gasteiger partial charge in [0.15, 0.2) is 11.6 Å². The molecular formula is C31H38N4O6. The number of primary amides is 1. The number of aromatic hydroxyl groups is 1. The van der Waals surface area contributed by atoms with Gasteiger partial charge >= 0.3 is 0 Å². The summed E-state index contributed by atoms with van der Waals surface area (Å²) in [5.41, 5.74) is 9.77. The molecule has 1 amide bonds. The number of nitrogens with two attached hydrogens (primary N) is 1. The molecule has 4 atom stereocenters. The van der Waals surface area contributed by atoms with Crippen LogP contribution in [0.4, 0.5) is 0 Å². The van der Waals surface area contributed by atoms with Crippen LogP contribution in [0.2, 0.25) is 0 Å².